The van der Waals surface area contributed by atoms with E-state index in [4.69, 9.17) is 23.4 Å². The maximum absolute atomic E-state index is 12.5. The van der Waals surface area contributed by atoms with E-state index in [1.165, 1.54) is 0 Å². The third-order valence-electron chi connectivity index (χ3n) is 7.49. The second-order valence-corrected chi connectivity index (χ2v) is 13.7. The van der Waals surface area contributed by atoms with Crippen molar-refractivity contribution in [3.05, 3.63) is 55.0 Å². The number of anilines is 2. The van der Waals surface area contributed by atoms with Gasteiger partial charge in [-0.1, -0.05) is 0 Å². The second kappa shape index (κ2) is 13.5. The lowest BCUT2D eigenvalue weighted by molar-refractivity contribution is 0.0184. The Kier molecular flexibility index (Phi) is 9.68. The minimum Gasteiger partial charge on any atom is -0.497 e. The first-order chi connectivity index (χ1) is 21.8. The fourth-order valence-corrected chi connectivity index (χ4v) is 5.63. The highest BCUT2D eigenvalue weighted by Gasteiger charge is 2.28. The van der Waals surface area contributed by atoms with Crippen LogP contribution in [0.15, 0.2) is 55.0 Å². The third-order valence-corrected chi connectivity index (χ3v) is 8.08. The van der Waals surface area contributed by atoms with Gasteiger partial charge < -0.3 is 24.0 Å². The first-order valence-electron chi connectivity index (χ1n) is 15.0. The van der Waals surface area contributed by atoms with Gasteiger partial charge in [-0.05, 0) is 51.8 Å². The number of benzene rings is 2. The van der Waals surface area contributed by atoms with Gasteiger partial charge in [0.1, 0.15) is 17.1 Å². The van der Waals surface area contributed by atoms with Crippen LogP contribution in [-0.2, 0) is 19.0 Å². The summed E-state index contributed by atoms with van der Waals surface area (Å²) in [7, 11) is -0.495. The topological polar surface area (TPSA) is 138 Å². The molecule has 0 aliphatic carbocycles. The fourth-order valence-electron chi connectivity index (χ4n) is 5.25. The Morgan fingerprint density at radius 2 is 1.67 bits per heavy atom. The molecular formula is C32H40N6O7S. The molecule has 1 aliphatic rings. The minimum atomic E-state index is -3.63. The Hall–Kier alpha value is -4.43. The first kappa shape index (κ1) is 32.9. The number of likely N-dealkylation sites (tertiary alicyclic amines) is 1. The average molecular weight is 653 g/mol. The Bertz CT molecular complexity index is 1770. The van der Waals surface area contributed by atoms with E-state index in [0.717, 1.165) is 36.0 Å². The van der Waals surface area contributed by atoms with Gasteiger partial charge in [-0.2, -0.15) is 13.5 Å². The number of amides is 1. The molecule has 3 heterocycles. The molecule has 1 saturated heterocycles. The molecule has 5 rings (SSSR count). The maximum atomic E-state index is 12.5. The molecule has 0 atom stereocenters. The van der Waals surface area contributed by atoms with Crippen molar-refractivity contribution in [1.29, 1.82) is 0 Å². The van der Waals surface area contributed by atoms with Gasteiger partial charge in [0.15, 0.2) is 0 Å². The van der Waals surface area contributed by atoms with Crippen LogP contribution in [0.3, 0.4) is 0 Å². The number of rotatable bonds is 10. The van der Waals surface area contributed by atoms with Crippen molar-refractivity contribution in [2.45, 2.75) is 45.3 Å². The van der Waals surface area contributed by atoms with Gasteiger partial charge in [-0.25, -0.2) is 9.78 Å². The van der Waals surface area contributed by atoms with Crippen molar-refractivity contribution in [2.75, 3.05) is 51.6 Å². The van der Waals surface area contributed by atoms with E-state index < -0.39 is 15.7 Å². The van der Waals surface area contributed by atoms with Crippen molar-refractivity contribution in [2.24, 2.45) is 0 Å². The van der Waals surface area contributed by atoms with Gasteiger partial charge in [0.2, 0.25) is 0 Å². The minimum absolute atomic E-state index is 0.0714. The maximum Gasteiger partial charge on any atom is 0.410 e. The van der Waals surface area contributed by atoms with E-state index in [1.807, 2.05) is 66.9 Å². The van der Waals surface area contributed by atoms with Crippen molar-refractivity contribution in [1.82, 2.24) is 24.6 Å². The van der Waals surface area contributed by atoms with E-state index >= 15 is 0 Å². The summed E-state index contributed by atoms with van der Waals surface area (Å²) in [5.74, 6) is 1.16. The summed E-state index contributed by atoms with van der Waals surface area (Å²) in [6.07, 6.45) is 7.72. The number of ether oxygens (including phenoxy) is 3. The van der Waals surface area contributed by atoms with E-state index in [9.17, 15) is 13.2 Å². The van der Waals surface area contributed by atoms with E-state index in [2.05, 4.69) is 10.1 Å². The van der Waals surface area contributed by atoms with Crippen LogP contribution in [0.1, 0.15) is 39.7 Å². The van der Waals surface area contributed by atoms with Crippen LogP contribution in [0.2, 0.25) is 0 Å². The van der Waals surface area contributed by atoms with Crippen molar-refractivity contribution >= 4 is 38.6 Å². The number of methoxy groups -OCH3 is 2. The summed E-state index contributed by atoms with van der Waals surface area (Å²) in [6.45, 7) is 6.94. The number of carbonyl (C=O) groups is 1. The zero-order valence-corrected chi connectivity index (χ0v) is 27.8. The molecule has 1 amide bonds. The average Bonchev–Trinajstić information content (AvgIpc) is 3.51. The molecule has 0 saturated carbocycles. The summed E-state index contributed by atoms with van der Waals surface area (Å²) in [5.41, 5.74) is 3.78. The molecule has 0 spiro atoms. The number of aromatic nitrogens is 4. The van der Waals surface area contributed by atoms with Crippen LogP contribution in [-0.4, -0.2) is 91.5 Å². The fraction of sp³-hybridized carbons (Fsp3) is 0.438. The summed E-state index contributed by atoms with van der Waals surface area (Å²) in [6, 6.07) is 11.2. The summed E-state index contributed by atoms with van der Waals surface area (Å²) >= 11 is 0. The number of fused-ring (bicyclic) bond motifs is 1. The Labute approximate surface area is 269 Å². The lowest BCUT2D eigenvalue weighted by atomic mass is 10.1. The second-order valence-electron chi connectivity index (χ2n) is 12.1. The largest absolute Gasteiger partial charge is 0.497 e. The molecule has 0 bridgehead atoms. The number of nitrogens with zero attached hydrogens (tertiary/aromatic N) is 6. The highest BCUT2D eigenvalue weighted by Crippen LogP contribution is 2.34. The van der Waals surface area contributed by atoms with Crippen molar-refractivity contribution < 1.29 is 31.6 Å². The van der Waals surface area contributed by atoms with Crippen LogP contribution in [0, 0.1) is 0 Å². The lowest BCUT2D eigenvalue weighted by Crippen LogP contribution is -2.42. The van der Waals surface area contributed by atoms with Crippen LogP contribution in [0.4, 0.5) is 16.2 Å². The van der Waals surface area contributed by atoms with Crippen molar-refractivity contribution in [3.8, 4) is 22.8 Å². The molecule has 1 fully saturated rings. The molecule has 14 heteroatoms. The van der Waals surface area contributed by atoms with Gasteiger partial charge in [-0.15, -0.1) is 0 Å². The quantitative estimate of drug-likeness (QED) is 0.209. The molecule has 2 aromatic carbocycles. The molecule has 13 nitrogen and oxygen atoms in total. The molecule has 46 heavy (non-hydrogen) atoms. The molecule has 0 radical (unpaired) electrons. The Balaban J connectivity index is 1.38. The molecule has 4 aromatic rings. The summed E-state index contributed by atoms with van der Waals surface area (Å²) in [4.78, 5) is 25.7. The standard InChI is InChI=1S/C32H40N6O7S/c1-32(2,3)45-31(39)36-11-9-23(10-12-36)38-21-22(19-34-38)30-20-33-28-8-7-24(17-29(28)35-30)37(13-14-44-46(6,40)41)25-15-26(42-4)18-27(16-25)43-5/h7-8,15-21,23H,9-14H2,1-6H3. The normalized spacial score (nSPS) is 14.3. The lowest BCUT2D eigenvalue weighted by Gasteiger charge is -2.33. The first-order valence-corrected chi connectivity index (χ1v) is 16.8. The van der Waals surface area contributed by atoms with E-state index in [1.54, 1.807) is 37.6 Å². The van der Waals surface area contributed by atoms with Gasteiger partial charge in [0, 0.05) is 61.0 Å². The Morgan fingerprint density at radius 1 is 0.978 bits per heavy atom. The van der Waals surface area contributed by atoms with Crippen LogP contribution in [0.25, 0.3) is 22.3 Å². The van der Waals surface area contributed by atoms with E-state index in [0.29, 0.717) is 41.3 Å². The zero-order valence-electron chi connectivity index (χ0n) is 27.0. The molecule has 2 aromatic heterocycles. The number of hydrogen-bond donors (Lipinski definition) is 0. The van der Waals surface area contributed by atoms with Crippen LogP contribution in [0.5, 0.6) is 11.5 Å². The highest BCUT2D eigenvalue weighted by atomic mass is 32.2. The predicted octanol–water partition coefficient (Wildman–Crippen LogP) is 5.20. The van der Waals surface area contributed by atoms with Crippen LogP contribution < -0.4 is 14.4 Å². The SMILES string of the molecule is COc1cc(OC)cc(N(CCOS(C)(=O)=O)c2ccc3ncc(-c4cnn(C5CCN(C(=O)OC(C)(C)C)CC5)c4)nc3c2)c1. The van der Waals surface area contributed by atoms with Gasteiger partial charge in [0.25, 0.3) is 10.1 Å². The number of carbonyl (C=O) groups excluding carboxylic acids is 1. The van der Waals surface area contributed by atoms with E-state index in [-0.39, 0.29) is 25.3 Å². The Morgan fingerprint density at radius 3 is 2.30 bits per heavy atom. The van der Waals surface area contributed by atoms with Gasteiger partial charge in [0.05, 0.1) is 62.2 Å². The monoisotopic (exact) mass is 652 g/mol. The van der Waals surface area contributed by atoms with Gasteiger partial charge in [-0.3, -0.25) is 13.8 Å². The molecular weight excluding hydrogens is 612 g/mol. The predicted molar refractivity (Wildman–Crippen MR) is 174 cm³/mol. The number of hydrogen-bond acceptors (Lipinski definition) is 11. The third kappa shape index (κ3) is 8.23. The molecule has 1 aliphatic heterocycles. The molecule has 246 valence electrons. The summed E-state index contributed by atoms with van der Waals surface area (Å²) in [5, 5.41) is 4.62. The van der Waals surface area contributed by atoms with Gasteiger partial charge >= 0.3 is 6.09 Å². The number of piperidine rings is 1. The molecule has 0 unspecified atom stereocenters. The zero-order chi connectivity index (χ0) is 33.1. The highest BCUT2D eigenvalue weighted by molar-refractivity contribution is 7.85. The summed E-state index contributed by atoms with van der Waals surface area (Å²) < 4.78 is 46.9. The van der Waals surface area contributed by atoms with Crippen molar-refractivity contribution in [3.63, 3.8) is 0 Å². The smallest absolute Gasteiger partial charge is 0.410 e. The molecule has 0 N–H and O–H groups in total. The van der Waals surface area contributed by atoms with Crippen LogP contribution >= 0.6 is 0 Å².